The molecule has 3 rings (SSSR count). The molecule has 2 heterocycles. The number of amides is 1. The molecule has 0 N–H and O–H groups in total. The monoisotopic (exact) mass is 399 g/mol. The maximum Gasteiger partial charge on any atom is 0.341 e. The van der Waals surface area contributed by atoms with Crippen molar-refractivity contribution in [2.75, 3.05) is 20.4 Å². The highest BCUT2D eigenvalue weighted by molar-refractivity contribution is 7.98. The van der Waals surface area contributed by atoms with Gasteiger partial charge in [-0.3, -0.25) is 9.36 Å². The normalized spacial score (nSPS) is 10.7. The van der Waals surface area contributed by atoms with Crippen LogP contribution >= 0.6 is 11.8 Å². The molecule has 1 aromatic carbocycles. The van der Waals surface area contributed by atoms with E-state index in [2.05, 4.69) is 4.98 Å². The molecule has 0 atom stereocenters. The van der Waals surface area contributed by atoms with Crippen LogP contribution in [-0.2, 0) is 11.3 Å². The predicted molar refractivity (Wildman–Crippen MR) is 106 cm³/mol. The number of benzene rings is 1. The fourth-order valence-electron chi connectivity index (χ4n) is 2.86. The van der Waals surface area contributed by atoms with Crippen molar-refractivity contribution in [3.8, 4) is 5.69 Å². The smallest absolute Gasteiger partial charge is 0.341 e. The van der Waals surface area contributed by atoms with E-state index in [4.69, 9.17) is 9.15 Å². The first kappa shape index (κ1) is 19.8. The van der Waals surface area contributed by atoms with Gasteiger partial charge in [0.15, 0.2) is 5.16 Å². The number of aromatic nitrogens is 2. The Morgan fingerprint density at radius 2 is 2.00 bits per heavy atom. The second-order valence-electron chi connectivity index (χ2n) is 6.17. The second kappa shape index (κ2) is 8.35. The molecule has 0 spiro atoms. The van der Waals surface area contributed by atoms with E-state index in [-0.39, 0.29) is 12.5 Å². The van der Waals surface area contributed by atoms with Crippen molar-refractivity contribution in [2.45, 2.75) is 18.6 Å². The molecule has 3 aromatic rings. The van der Waals surface area contributed by atoms with Gasteiger partial charge in [0, 0.05) is 30.7 Å². The van der Waals surface area contributed by atoms with Crippen molar-refractivity contribution in [3.63, 3.8) is 0 Å². The van der Waals surface area contributed by atoms with E-state index in [0.29, 0.717) is 22.6 Å². The lowest BCUT2D eigenvalue weighted by Crippen LogP contribution is -2.26. The Morgan fingerprint density at radius 3 is 2.64 bits per heavy atom. The van der Waals surface area contributed by atoms with Crippen LogP contribution in [0.4, 0.5) is 0 Å². The van der Waals surface area contributed by atoms with Gasteiger partial charge in [0.25, 0.3) is 5.91 Å². The molecule has 0 aliphatic carbocycles. The summed E-state index contributed by atoms with van der Waals surface area (Å²) >= 11 is 1.55. The number of carbonyl (C=O) groups is 2. The lowest BCUT2D eigenvalue weighted by Gasteiger charge is -2.16. The number of aryl methyl sites for hydroxylation is 1. The highest BCUT2D eigenvalue weighted by Crippen LogP contribution is 2.20. The summed E-state index contributed by atoms with van der Waals surface area (Å²) in [5, 5.41) is 0.880. The zero-order valence-corrected chi connectivity index (χ0v) is 16.9. The first-order chi connectivity index (χ1) is 13.4. The number of hydrogen-bond acceptors (Lipinski definition) is 6. The van der Waals surface area contributed by atoms with Gasteiger partial charge < -0.3 is 14.1 Å². The average Bonchev–Trinajstić information content (AvgIpc) is 3.33. The van der Waals surface area contributed by atoms with Crippen LogP contribution in [-0.4, -0.2) is 46.7 Å². The maximum absolute atomic E-state index is 12.7. The summed E-state index contributed by atoms with van der Waals surface area (Å²) in [6, 6.07) is 8.94. The number of carbonyl (C=O) groups excluding carboxylic acids is 2. The lowest BCUT2D eigenvalue weighted by atomic mass is 10.1. The second-order valence-corrected chi connectivity index (χ2v) is 6.94. The van der Waals surface area contributed by atoms with Gasteiger partial charge in [-0.2, -0.15) is 0 Å². The van der Waals surface area contributed by atoms with Crippen LogP contribution in [0.25, 0.3) is 5.69 Å². The van der Waals surface area contributed by atoms with E-state index >= 15 is 0 Å². The van der Waals surface area contributed by atoms with Crippen molar-refractivity contribution < 1.29 is 18.7 Å². The summed E-state index contributed by atoms with van der Waals surface area (Å²) in [5.74, 6) is 0.391. The van der Waals surface area contributed by atoms with Crippen LogP contribution in [0.2, 0.25) is 0 Å². The van der Waals surface area contributed by atoms with Crippen LogP contribution < -0.4 is 0 Å². The molecule has 0 unspecified atom stereocenters. The molecule has 0 saturated heterocycles. The molecule has 0 fully saturated rings. The molecular formula is C20H21N3O4S. The number of thioether (sulfide) groups is 1. The minimum atomic E-state index is -0.457. The number of esters is 1. The molecular weight excluding hydrogens is 378 g/mol. The van der Waals surface area contributed by atoms with Crippen molar-refractivity contribution in [3.05, 3.63) is 65.4 Å². The van der Waals surface area contributed by atoms with Gasteiger partial charge in [0.1, 0.15) is 17.1 Å². The van der Waals surface area contributed by atoms with E-state index < -0.39 is 5.97 Å². The van der Waals surface area contributed by atoms with Crippen molar-refractivity contribution in [1.82, 2.24) is 14.5 Å². The molecule has 0 aliphatic heterocycles. The quantitative estimate of drug-likeness (QED) is 0.466. The van der Waals surface area contributed by atoms with Gasteiger partial charge in [-0.1, -0.05) is 11.8 Å². The van der Waals surface area contributed by atoms with Crippen LogP contribution in [0.3, 0.4) is 0 Å². The Labute approximate surface area is 167 Å². The summed E-state index contributed by atoms with van der Waals surface area (Å²) in [5.41, 5.74) is 1.87. The van der Waals surface area contributed by atoms with Gasteiger partial charge in [0.05, 0.1) is 13.7 Å². The van der Waals surface area contributed by atoms with Crippen LogP contribution in [0, 0.1) is 6.92 Å². The van der Waals surface area contributed by atoms with Gasteiger partial charge >= 0.3 is 5.97 Å². The Bertz CT molecular complexity index is 991. The molecule has 8 heteroatoms. The van der Waals surface area contributed by atoms with Crippen LogP contribution in [0.5, 0.6) is 0 Å². The standard InChI is InChI=1S/C20H21N3O4S/c1-13-17(19(25)26-3)11-16(27-13)12-22(2)18(24)14-5-7-15(8-6-14)23-10-9-21-20(23)28-4/h5-11H,12H2,1-4H3. The van der Waals surface area contributed by atoms with Gasteiger partial charge in [-0.05, 0) is 43.5 Å². The van der Waals surface area contributed by atoms with Crippen LogP contribution in [0.15, 0.2) is 52.3 Å². The maximum atomic E-state index is 12.7. The van der Waals surface area contributed by atoms with Gasteiger partial charge in [-0.25, -0.2) is 9.78 Å². The summed E-state index contributed by atoms with van der Waals surface area (Å²) in [6.07, 6.45) is 5.59. The van der Waals surface area contributed by atoms with E-state index in [1.54, 1.807) is 55.0 Å². The number of furan rings is 1. The van der Waals surface area contributed by atoms with Gasteiger partial charge in [-0.15, -0.1) is 0 Å². The highest BCUT2D eigenvalue weighted by Gasteiger charge is 2.19. The number of hydrogen-bond donors (Lipinski definition) is 0. The average molecular weight is 399 g/mol. The van der Waals surface area contributed by atoms with Crippen molar-refractivity contribution in [1.29, 1.82) is 0 Å². The van der Waals surface area contributed by atoms with Crippen molar-refractivity contribution in [2.24, 2.45) is 0 Å². The molecule has 0 radical (unpaired) electrons. The summed E-state index contributed by atoms with van der Waals surface area (Å²) < 4.78 is 12.3. The van der Waals surface area contributed by atoms with E-state index in [1.165, 1.54) is 7.11 Å². The largest absolute Gasteiger partial charge is 0.465 e. The molecule has 0 bridgehead atoms. The zero-order chi connectivity index (χ0) is 20.3. The minimum Gasteiger partial charge on any atom is -0.465 e. The first-order valence-corrected chi connectivity index (χ1v) is 9.78. The highest BCUT2D eigenvalue weighted by atomic mass is 32.2. The Kier molecular flexibility index (Phi) is 5.89. The number of imidazole rings is 1. The molecule has 7 nitrogen and oxygen atoms in total. The Morgan fingerprint density at radius 1 is 1.29 bits per heavy atom. The van der Waals surface area contributed by atoms with E-state index in [0.717, 1.165) is 10.8 Å². The Hall–Kier alpha value is -3.00. The summed E-state index contributed by atoms with van der Waals surface area (Å²) in [7, 11) is 3.01. The molecule has 1 amide bonds. The molecule has 0 aliphatic rings. The van der Waals surface area contributed by atoms with E-state index in [9.17, 15) is 9.59 Å². The lowest BCUT2D eigenvalue weighted by molar-refractivity contribution is 0.0598. The third kappa shape index (κ3) is 3.96. The number of nitrogens with zero attached hydrogens (tertiary/aromatic N) is 3. The first-order valence-electron chi connectivity index (χ1n) is 8.55. The summed E-state index contributed by atoms with van der Waals surface area (Å²) in [6.45, 7) is 1.94. The third-order valence-corrected chi connectivity index (χ3v) is 4.96. The fourth-order valence-corrected chi connectivity index (χ4v) is 3.39. The zero-order valence-electron chi connectivity index (χ0n) is 16.1. The number of ether oxygens (including phenoxy) is 1. The SMILES string of the molecule is COC(=O)c1cc(CN(C)C(=O)c2ccc(-n3ccnc3SC)cc2)oc1C. The topological polar surface area (TPSA) is 77.6 Å². The molecule has 0 saturated carbocycles. The predicted octanol–water partition coefficient (Wildman–Crippen LogP) is 3.55. The van der Waals surface area contributed by atoms with Crippen LogP contribution in [0.1, 0.15) is 32.2 Å². The molecule has 2 aromatic heterocycles. The third-order valence-electron chi connectivity index (χ3n) is 4.30. The summed E-state index contributed by atoms with van der Waals surface area (Å²) in [4.78, 5) is 30.2. The molecule has 28 heavy (non-hydrogen) atoms. The Balaban J connectivity index is 1.72. The number of rotatable bonds is 6. The fraction of sp³-hybridized carbons (Fsp3) is 0.250. The minimum absolute atomic E-state index is 0.143. The van der Waals surface area contributed by atoms with Crippen molar-refractivity contribution >= 4 is 23.6 Å². The van der Waals surface area contributed by atoms with E-state index in [1.807, 2.05) is 29.2 Å². The molecule has 146 valence electrons. The van der Waals surface area contributed by atoms with Gasteiger partial charge in [0.2, 0.25) is 0 Å². The number of methoxy groups -OCH3 is 1.